The van der Waals surface area contributed by atoms with Crippen molar-refractivity contribution < 1.29 is 9.66 Å². The maximum atomic E-state index is 10.6. The van der Waals surface area contributed by atoms with Gasteiger partial charge in [0.2, 0.25) is 0 Å². The van der Waals surface area contributed by atoms with Crippen LogP contribution < -0.4 is 10.6 Å². The molecule has 24 heavy (non-hydrogen) atoms. The van der Waals surface area contributed by atoms with Crippen LogP contribution in [0.5, 0.6) is 0 Å². The van der Waals surface area contributed by atoms with E-state index < -0.39 is 4.92 Å². The average molecular weight is 336 g/mol. The van der Waals surface area contributed by atoms with Crippen molar-refractivity contribution in [3.05, 3.63) is 39.9 Å². The highest BCUT2D eigenvalue weighted by Crippen LogP contribution is 2.12. The Hall–Kier alpha value is -2.15. The largest absolute Gasteiger partial charge is 0.378 e. The number of nitro groups is 1. The third kappa shape index (κ3) is 6.95. The average Bonchev–Trinajstić information content (AvgIpc) is 2.57. The van der Waals surface area contributed by atoms with Crippen molar-refractivity contribution in [2.24, 2.45) is 10.9 Å². The van der Waals surface area contributed by atoms with Crippen molar-refractivity contribution in [2.45, 2.75) is 39.8 Å². The van der Waals surface area contributed by atoms with Gasteiger partial charge >= 0.3 is 0 Å². The molecule has 0 bridgehead atoms. The van der Waals surface area contributed by atoms with Gasteiger partial charge in [0, 0.05) is 38.9 Å². The quantitative estimate of drug-likeness (QED) is 0.313. The van der Waals surface area contributed by atoms with Crippen molar-refractivity contribution in [3.63, 3.8) is 0 Å². The molecule has 1 aromatic carbocycles. The molecular formula is C17H28N4O3. The number of guanidine groups is 1. The van der Waals surface area contributed by atoms with Crippen molar-refractivity contribution in [1.82, 2.24) is 10.6 Å². The molecule has 0 radical (unpaired) electrons. The van der Waals surface area contributed by atoms with Gasteiger partial charge in [-0.15, -0.1) is 0 Å². The Morgan fingerprint density at radius 2 is 1.96 bits per heavy atom. The molecule has 0 fully saturated rings. The van der Waals surface area contributed by atoms with Crippen molar-refractivity contribution in [3.8, 4) is 0 Å². The molecule has 0 aliphatic heterocycles. The van der Waals surface area contributed by atoms with E-state index in [0.29, 0.717) is 18.4 Å². The monoisotopic (exact) mass is 336 g/mol. The van der Waals surface area contributed by atoms with Gasteiger partial charge in [-0.25, -0.2) is 0 Å². The molecule has 134 valence electrons. The molecule has 0 aliphatic carbocycles. The maximum Gasteiger partial charge on any atom is 0.269 e. The van der Waals surface area contributed by atoms with Gasteiger partial charge in [0.05, 0.1) is 11.0 Å². The summed E-state index contributed by atoms with van der Waals surface area (Å²) in [6, 6.07) is 6.48. The fourth-order valence-electron chi connectivity index (χ4n) is 2.30. The van der Waals surface area contributed by atoms with Gasteiger partial charge in [0.1, 0.15) is 0 Å². The fourth-order valence-corrected chi connectivity index (χ4v) is 2.30. The molecule has 7 nitrogen and oxygen atoms in total. The Balaban J connectivity index is 2.41. The van der Waals surface area contributed by atoms with Gasteiger partial charge in [0.15, 0.2) is 5.96 Å². The number of rotatable bonds is 9. The zero-order valence-electron chi connectivity index (χ0n) is 14.9. The summed E-state index contributed by atoms with van der Waals surface area (Å²) in [5.74, 6) is 1.18. The van der Waals surface area contributed by atoms with Crippen LogP contribution in [0.15, 0.2) is 29.3 Å². The van der Waals surface area contributed by atoms with Gasteiger partial charge in [0.25, 0.3) is 5.69 Å². The highest BCUT2D eigenvalue weighted by atomic mass is 16.6. The van der Waals surface area contributed by atoms with E-state index >= 15 is 0 Å². The van der Waals surface area contributed by atoms with Crippen LogP contribution in [0.25, 0.3) is 0 Å². The summed E-state index contributed by atoms with van der Waals surface area (Å²) in [4.78, 5) is 14.4. The van der Waals surface area contributed by atoms with Crippen LogP contribution in [0, 0.1) is 16.0 Å². The van der Waals surface area contributed by atoms with E-state index in [9.17, 15) is 10.1 Å². The molecule has 1 unspecified atom stereocenters. The zero-order chi connectivity index (χ0) is 17.9. The number of hydrogen-bond donors (Lipinski definition) is 2. The second kappa shape index (κ2) is 10.6. The summed E-state index contributed by atoms with van der Waals surface area (Å²) in [6.07, 6.45) is 1.14. The number of ether oxygens (including phenoxy) is 1. The van der Waals surface area contributed by atoms with Crippen LogP contribution in [-0.4, -0.2) is 37.2 Å². The lowest BCUT2D eigenvalue weighted by Gasteiger charge is -2.21. The number of nitro benzene ring substituents is 1. The number of hydrogen-bond acceptors (Lipinski definition) is 4. The molecule has 1 atom stereocenters. The summed E-state index contributed by atoms with van der Waals surface area (Å²) >= 11 is 0. The summed E-state index contributed by atoms with van der Waals surface area (Å²) in [7, 11) is 1.72. The number of benzene rings is 1. The predicted octanol–water partition coefficient (Wildman–Crippen LogP) is 2.71. The second-order valence-corrected chi connectivity index (χ2v) is 5.80. The molecule has 0 saturated carbocycles. The number of non-ortho nitro benzene ring substituents is 1. The second-order valence-electron chi connectivity index (χ2n) is 5.80. The van der Waals surface area contributed by atoms with Gasteiger partial charge in [-0.3, -0.25) is 15.1 Å². The molecule has 2 N–H and O–H groups in total. The molecule has 0 heterocycles. The standard InChI is InChI=1S/C17H28N4O3/c1-5-24-16(13(2)3)10-11-19-17(18-4)20-12-14-6-8-15(9-7-14)21(22)23/h6-9,13,16H,5,10-12H2,1-4H3,(H2,18,19,20). The van der Waals surface area contributed by atoms with E-state index in [0.717, 1.165) is 25.1 Å². The Kier molecular flexibility index (Phi) is 8.78. The number of nitrogens with zero attached hydrogens (tertiary/aromatic N) is 2. The SMILES string of the molecule is CCOC(CCNC(=NC)NCc1ccc([N+](=O)[O-])cc1)C(C)C. The Morgan fingerprint density at radius 3 is 2.46 bits per heavy atom. The normalized spacial score (nSPS) is 13.0. The summed E-state index contributed by atoms with van der Waals surface area (Å²) in [5.41, 5.74) is 1.05. The first kappa shape index (κ1) is 19.9. The van der Waals surface area contributed by atoms with Gasteiger partial charge < -0.3 is 15.4 Å². The Labute approximate surface area is 143 Å². The minimum absolute atomic E-state index is 0.0944. The Bertz CT molecular complexity index is 529. The molecular weight excluding hydrogens is 308 g/mol. The topological polar surface area (TPSA) is 88.8 Å². The zero-order valence-corrected chi connectivity index (χ0v) is 14.9. The van der Waals surface area contributed by atoms with E-state index in [1.165, 1.54) is 12.1 Å². The maximum absolute atomic E-state index is 10.6. The lowest BCUT2D eigenvalue weighted by molar-refractivity contribution is -0.384. The van der Waals surface area contributed by atoms with E-state index in [-0.39, 0.29) is 11.8 Å². The lowest BCUT2D eigenvalue weighted by atomic mass is 10.0. The highest BCUT2D eigenvalue weighted by molar-refractivity contribution is 5.79. The molecule has 0 aliphatic rings. The van der Waals surface area contributed by atoms with Crippen molar-refractivity contribution in [1.29, 1.82) is 0 Å². The van der Waals surface area contributed by atoms with E-state index in [1.807, 2.05) is 6.92 Å². The van der Waals surface area contributed by atoms with Crippen LogP contribution >= 0.6 is 0 Å². The number of aliphatic imine (C=N–C) groups is 1. The lowest BCUT2D eigenvalue weighted by Crippen LogP contribution is -2.38. The molecule has 0 aromatic heterocycles. The summed E-state index contributed by atoms with van der Waals surface area (Å²) in [6.45, 7) is 8.35. The molecule has 0 saturated heterocycles. The van der Waals surface area contributed by atoms with Crippen LogP contribution in [0.1, 0.15) is 32.8 Å². The first-order valence-electron chi connectivity index (χ1n) is 8.27. The van der Waals surface area contributed by atoms with E-state index in [4.69, 9.17) is 4.74 Å². The van der Waals surface area contributed by atoms with Gasteiger partial charge in [-0.05, 0) is 24.8 Å². The van der Waals surface area contributed by atoms with Crippen molar-refractivity contribution >= 4 is 11.6 Å². The summed E-state index contributed by atoms with van der Waals surface area (Å²) < 4.78 is 5.72. The fraction of sp³-hybridized carbons (Fsp3) is 0.588. The molecule has 0 spiro atoms. The Morgan fingerprint density at radius 1 is 1.29 bits per heavy atom. The first-order valence-corrected chi connectivity index (χ1v) is 8.27. The molecule has 1 rings (SSSR count). The molecule has 7 heteroatoms. The highest BCUT2D eigenvalue weighted by Gasteiger charge is 2.13. The molecule has 1 aromatic rings. The van der Waals surface area contributed by atoms with Crippen LogP contribution in [0.3, 0.4) is 0 Å². The first-order chi connectivity index (χ1) is 11.5. The molecule has 0 amide bonds. The van der Waals surface area contributed by atoms with Crippen LogP contribution in [-0.2, 0) is 11.3 Å². The predicted molar refractivity (Wildman–Crippen MR) is 96.2 cm³/mol. The third-order valence-corrected chi connectivity index (χ3v) is 3.68. The van der Waals surface area contributed by atoms with Gasteiger partial charge in [-0.1, -0.05) is 26.0 Å². The minimum Gasteiger partial charge on any atom is -0.378 e. The smallest absolute Gasteiger partial charge is 0.269 e. The van der Waals surface area contributed by atoms with Crippen molar-refractivity contribution in [2.75, 3.05) is 20.2 Å². The van der Waals surface area contributed by atoms with Gasteiger partial charge in [-0.2, -0.15) is 0 Å². The van der Waals surface area contributed by atoms with Crippen LogP contribution in [0.4, 0.5) is 5.69 Å². The minimum atomic E-state index is -0.402. The third-order valence-electron chi connectivity index (χ3n) is 3.68. The summed E-state index contributed by atoms with van der Waals surface area (Å²) in [5, 5.41) is 17.1. The van der Waals surface area contributed by atoms with Crippen LogP contribution in [0.2, 0.25) is 0 Å². The van der Waals surface area contributed by atoms with E-state index in [1.54, 1.807) is 19.2 Å². The number of nitrogens with one attached hydrogen (secondary N) is 2. The van der Waals surface area contributed by atoms with E-state index in [2.05, 4.69) is 29.5 Å².